The van der Waals surface area contributed by atoms with Crippen LogP contribution in [-0.4, -0.2) is 19.2 Å². The molecule has 1 aromatic carbocycles. The Labute approximate surface area is 205 Å². The second-order valence-corrected chi connectivity index (χ2v) is 9.99. The Morgan fingerprint density at radius 2 is 1.15 bits per heavy atom. The third-order valence-electron chi connectivity index (χ3n) is 6.27. The predicted molar refractivity (Wildman–Crippen MR) is 141 cm³/mol. The van der Waals surface area contributed by atoms with E-state index in [2.05, 4.69) is 20.8 Å². The van der Waals surface area contributed by atoms with Crippen LogP contribution in [0.1, 0.15) is 140 Å². The van der Waals surface area contributed by atoms with Gasteiger partial charge < -0.3 is 9.47 Å². The van der Waals surface area contributed by atoms with Crippen molar-refractivity contribution in [3.63, 3.8) is 0 Å². The van der Waals surface area contributed by atoms with Crippen molar-refractivity contribution in [1.29, 1.82) is 0 Å². The topological polar surface area (TPSA) is 35.5 Å². The molecule has 0 saturated carbocycles. The molecule has 0 N–H and O–H groups in total. The van der Waals surface area contributed by atoms with Crippen LogP contribution in [0, 0.1) is 5.92 Å². The molecular weight excluding hydrogens is 408 g/mol. The molecule has 0 radical (unpaired) electrons. The standard InChI is InChI=1S/C30H52O3/c1-4-5-18-26-33-30(31)28-21-23-29(24-22-28)32-25-19-16-14-12-10-8-6-7-9-11-13-15-17-20-27(2)3/h21-24,27H,4-20,25-26H2,1-3H3. The normalized spacial score (nSPS) is 11.2. The quantitative estimate of drug-likeness (QED) is 0.128. The Kier molecular flexibility index (Phi) is 18.8. The van der Waals surface area contributed by atoms with E-state index in [1.165, 1.54) is 83.5 Å². The second-order valence-electron chi connectivity index (χ2n) is 9.99. The van der Waals surface area contributed by atoms with Crippen molar-refractivity contribution in [2.45, 2.75) is 130 Å². The van der Waals surface area contributed by atoms with E-state index in [0.717, 1.165) is 44.0 Å². The summed E-state index contributed by atoms with van der Waals surface area (Å²) in [6.45, 7) is 8.04. The van der Waals surface area contributed by atoms with Crippen LogP contribution >= 0.6 is 0 Å². The van der Waals surface area contributed by atoms with Gasteiger partial charge in [0.1, 0.15) is 5.75 Å². The first-order valence-electron chi connectivity index (χ1n) is 14.0. The average Bonchev–Trinajstić information content (AvgIpc) is 2.81. The van der Waals surface area contributed by atoms with E-state index < -0.39 is 0 Å². The molecule has 0 bridgehead atoms. The number of rotatable bonds is 22. The van der Waals surface area contributed by atoms with Gasteiger partial charge >= 0.3 is 5.97 Å². The lowest BCUT2D eigenvalue weighted by atomic mass is 10.0. The van der Waals surface area contributed by atoms with Gasteiger partial charge in [0, 0.05) is 0 Å². The van der Waals surface area contributed by atoms with Crippen LogP contribution in [0.15, 0.2) is 24.3 Å². The maximum atomic E-state index is 12.0. The predicted octanol–water partition coefficient (Wildman–Crippen LogP) is 9.53. The zero-order chi connectivity index (χ0) is 24.0. The summed E-state index contributed by atoms with van der Waals surface area (Å²) in [5.74, 6) is 1.46. The molecule has 0 aliphatic heterocycles. The third kappa shape index (κ3) is 17.6. The smallest absolute Gasteiger partial charge is 0.338 e. The minimum Gasteiger partial charge on any atom is -0.494 e. The van der Waals surface area contributed by atoms with Crippen molar-refractivity contribution < 1.29 is 14.3 Å². The summed E-state index contributed by atoms with van der Waals surface area (Å²) in [5.41, 5.74) is 0.598. The van der Waals surface area contributed by atoms with Crippen LogP contribution in [0.2, 0.25) is 0 Å². The highest BCUT2D eigenvalue weighted by molar-refractivity contribution is 5.89. The Balaban J connectivity index is 1.89. The van der Waals surface area contributed by atoms with Crippen molar-refractivity contribution in [2.75, 3.05) is 13.2 Å². The third-order valence-corrected chi connectivity index (χ3v) is 6.27. The highest BCUT2D eigenvalue weighted by Gasteiger charge is 2.07. The molecule has 3 heteroatoms. The molecule has 0 unspecified atom stereocenters. The fourth-order valence-electron chi connectivity index (χ4n) is 4.08. The van der Waals surface area contributed by atoms with Gasteiger partial charge in [-0.15, -0.1) is 0 Å². The number of hydrogen-bond donors (Lipinski definition) is 0. The minimum absolute atomic E-state index is 0.241. The highest BCUT2D eigenvalue weighted by Crippen LogP contribution is 2.16. The summed E-state index contributed by atoms with van der Waals surface area (Å²) in [6, 6.07) is 7.33. The molecule has 1 rings (SSSR count). The van der Waals surface area contributed by atoms with Crippen LogP contribution in [0.5, 0.6) is 5.75 Å². The molecule has 0 aliphatic carbocycles. The molecule has 190 valence electrons. The van der Waals surface area contributed by atoms with Gasteiger partial charge in [0.05, 0.1) is 18.8 Å². The molecule has 0 aliphatic rings. The molecule has 0 spiro atoms. The first-order valence-corrected chi connectivity index (χ1v) is 14.0. The molecule has 0 saturated heterocycles. The van der Waals surface area contributed by atoms with Crippen LogP contribution in [-0.2, 0) is 4.74 Å². The first-order chi connectivity index (χ1) is 16.1. The number of carbonyl (C=O) groups is 1. The van der Waals surface area contributed by atoms with Gasteiger partial charge in [-0.2, -0.15) is 0 Å². The van der Waals surface area contributed by atoms with Crippen LogP contribution < -0.4 is 4.74 Å². The Bertz CT molecular complexity index is 564. The average molecular weight is 461 g/mol. The summed E-state index contributed by atoms with van der Waals surface area (Å²) in [7, 11) is 0. The van der Waals surface area contributed by atoms with Crippen LogP contribution in [0.4, 0.5) is 0 Å². The SMILES string of the molecule is CCCCCOC(=O)c1ccc(OCCCCCCCCCCCCCCCC(C)C)cc1. The molecule has 0 aromatic heterocycles. The Hall–Kier alpha value is -1.51. The number of carbonyl (C=O) groups excluding carboxylic acids is 1. The van der Waals surface area contributed by atoms with Crippen LogP contribution in [0.3, 0.4) is 0 Å². The number of unbranched alkanes of at least 4 members (excludes halogenated alkanes) is 14. The summed E-state index contributed by atoms with van der Waals surface area (Å²) in [4.78, 5) is 12.0. The van der Waals surface area contributed by atoms with Gasteiger partial charge in [0.2, 0.25) is 0 Å². The number of benzene rings is 1. The molecule has 33 heavy (non-hydrogen) atoms. The molecule has 0 atom stereocenters. The second kappa shape index (κ2) is 21.1. The van der Waals surface area contributed by atoms with E-state index in [0.29, 0.717) is 12.2 Å². The fourth-order valence-corrected chi connectivity index (χ4v) is 4.08. The van der Waals surface area contributed by atoms with Gasteiger partial charge in [0.15, 0.2) is 0 Å². The lowest BCUT2D eigenvalue weighted by Gasteiger charge is -2.08. The van der Waals surface area contributed by atoms with Crippen molar-refractivity contribution in [3.8, 4) is 5.75 Å². The van der Waals surface area contributed by atoms with Crippen LogP contribution in [0.25, 0.3) is 0 Å². The largest absolute Gasteiger partial charge is 0.494 e. The molecular formula is C30H52O3. The Morgan fingerprint density at radius 1 is 0.667 bits per heavy atom. The van der Waals surface area contributed by atoms with Gasteiger partial charge in [0.25, 0.3) is 0 Å². The van der Waals surface area contributed by atoms with Crippen molar-refractivity contribution >= 4 is 5.97 Å². The van der Waals surface area contributed by atoms with Crippen molar-refractivity contribution in [1.82, 2.24) is 0 Å². The van der Waals surface area contributed by atoms with E-state index in [-0.39, 0.29) is 5.97 Å². The summed E-state index contributed by atoms with van der Waals surface area (Å²) in [6.07, 6.45) is 22.3. The van der Waals surface area contributed by atoms with E-state index >= 15 is 0 Å². The van der Waals surface area contributed by atoms with Gasteiger partial charge in [-0.05, 0) is 43.0 Å². The van der Waals surface area contributed by atoms with Gasteiger partial charge in [-0.25, -0.2) is 4.79 Å². The number of hydrogen-bond acceptors (Lipinski definition) is 3. The lowest BCUT2D eigenvalue weighted by Crippen LogP contribution is -2.06. The Morgan fingerprint density at radius 3 is 1.67 bits per heavy atom. The van der Waals surface area contributed by atoms with E-state index in [9.17, 15) is 4.79 Å². The number of esters is 1. The van der Waals surface area contributed by atoms with E-state index in [1.807, 2.05) is 12.1 Å². The summed E-state index contributed by atoms with van der Waals surface area (Å²) in [5, 5.41) is 0. The monoisotopic (exact) mass is 460 g/mol. The maximum absolute atomic E-state index is 12.0. The van der Waals surface area contributed by atoms with E-state index in [1.54, 1.807) is 12.1 Å². The van der Waals surface area contributed by atoms with Gasteiger partial charge in [-0.3, -0.25) is 0 Å². The molecule has 0 fully saturated rings. The molecule has 0 heterocycles. The molecule has 3 nitrogen and oxygen atoms in total. The van der Waals surface area contributed by atoms with E-state index in [4.69, 9.17) is 9.47 Å². The molecule has 1 aromatic rings. The highest BCUT2D eigenvalue weighted by atomic mass is 16.5. The van der Waals surface area contributed by atoms with Crippen molar-refractivity contribution in [2.24, 2.45) is 5.92 Å². The maximum Gasteiger partial charge on any atom is 0.338 e. The molecule has 0 amide bonds. The fraction of sp³-hybridized carbons (Fsp3) is 0.767. The van der Waals surface area contributed by atoms with Gasteiger partial charge in [-0.1, -0.05) is 117 Å². The minimum atomic E-state index is -0.241. The first kappa shape index (κ1) is 29.5. The summed E-state index contributed by atoms with van der Waals surface area (Å²) >= 11 is 0. The lowest BCUT2D eigenvalue weighted by molar-refractivity contribution is 0.0498. The summed E-state index contributed by atoms with van der Waals surface area (Å²) < 4.78 is 11.1. The zero-order valence-corrected chi connectivity index (χ0v) is 22.0. The van der Waals surface area contributed by atoms with Crippen molar-refractivity contribution in [3.05, 3.63) is 29.8 Å². The number of ether oxygens (including phenoxy) is 2. The zero-order valence-electron chi connectivity index (χ0n) is 22.0.